The summed E-state index contributed by atoms with van der Waals surface area (Å²) in [7, 11) is 0. The predicted molar refractivity (Wildman–Crippen MR) is 75.0 cm³/mol. The minimum Gasteiger partial charge on any atom is -0.444 e. The SMILES string of the molecule is CC1(C)CCC(CC=O)(NC(=O)OC(C)(C)C)CC1. The molecule has 4 heteroatoms. The molecule has 0 aromatic heterocycles. The molecule has 1 N–H and O–H groups in total. The van der Waals surface area contributed by atoms with Crippen LogP contribution in [0.3, 0.4) is 0 Å². The van der Waals surface area contributed by atoms with Gasteiger partial charge in [-0.05, 0) is 51.9 Å². The van der Waals surface area contributed by atoms with E-state index in [1.54, 1.807) is 0 Å². The lowest BCUT2D eigenvalue weighted by Gasteiger charge is -2.43. The van der Waals surface area contributed by atoms with Gasteiger partial charge < -0.3 is 14.8 Å². The summed E-state index contributed by atoms with van der Waals surface area (Å²) in [6.07, 6.45) is 4.52. The van der Waals surface area contributed by atoms with Gasteiger partial charge in [0.1, 0.15) is 11.9 Å². The zero-order chi connectivity index (χ0) is 14.7. The maximum atomic E-state index is 11.9. The molecule has 1 amide bonds. The van der Waals surface area contributed by atoms with E-state index in [1.807, 2.05) is 20.8 Å². The van der Waals surface area contributed by atoms with Crippen LogP contribution in [-0.4, -0.2) is 23.5 Å². The molecule has 0 spiro atoms. The van der Waals surface area contributed by atoms with Crippen molar-refractivity contribution in [1.29, 1.82) is 0 Å². The maximum absolute atomic E-state index is 11.9. The Hall–Kier alpha value is -1.06. The molecule has 1 saturated carbocycles. The van der Waals surface area contributed by atoms with Gasteiger partial charge in [-0.3, -0.25) is 0 Å². The van der Waals surface area contributed by atoms with Gasteiger partial charge in [0.2, 0.25) is 0 Å². The lowest BCUT2D eigenvalue weighted by atomic mass is 9.68. The number of hydrogen-bond acceptors (Lipinski definition) is 3. The molecule has 1 aliphatic carbocycles. The van der Waals surface area contributed by atoms with Crippen LogP contribution in [0.25, 0.3) is 0 Å². The van der Waals surface area contributed by atoms with Crippen molar-refractivity contribution in [3.8, 4) is 0 Å². The molecule has 0 heterocycles. The van der Waals surface area contributed by atoms with Gasteiger partial charge in [-0.2, -0.15) is 0 Å². The minimum absolute atomic E-state index is 0.294. The summed E-state index contributed by atoms with van der Waals surface area (Å²) in [5.41, 5.74) is -0.637. The molecule has 0 unspecified atom stereocenters. The predicted octanol–water partition coefficient (Wildman–Crippen LogP) is 3.44. The highest BCUT2D eigenvalue weighted by atomic mass is 16.6. The van der Waals surface area contributed by atoms with Crippen LogP contribution < -0.4 is 5.32 Å². The molecule has 0 atom stereocenters. The third-order valence-electron chi connectivity index (χ3n) is 3.80. The quantitative estimate of drug-likeness (QED) is 0.798. The molecule has 1 rings (SSSR count). The first kappa shape index (κ1) is 16.0. The van der Waals surface area contributed by atoms with E-state index in [0.29, 0.717) is 11.8 Å². The third-order valence-corrected chi connectivity index (χ3v) is 3.80. The zero-order valence-corrected chi connectivity index (χ0v) is 12.8. The first-order valence-electron chi connectivity index (χ1n) is 7.02. The largest absolute Gasteiger partial charge is 0.444 e. The summed E-state index contributed by atoms with van der Waals surface area (Å²) < 4.78 is 5.30. The minimum atomic E-state index is -0.514. The van der Waals surface area contributed by atoms with Crippen LogP contribution in [0, 0.1) is 5.41 Å². The summed E-state index contributed by atoms with van der Waals surface area (Å²) in [5, 5.41) is 2.94. The molecule has 4 nitrogen and oxygen atoms in total. The fraction of sp³-hybridized carbons (Fsp3) is 0.867. The molecular weight excluding hydrogens is 242 g/mol. The normalized spacial score (nSPS) is 21.5. The topological polar surface area (TPSA) is 55.4 Å². The number of amides is 1. The number of rotatable bonds is 3. The van der Waals surface area contributed by atoms with E-state index in [9.17, 15) is 9.59 Å². The van der Waals surface area contributed by atoms with E-state index in [0.717, 1.165) is 32.0 Å². The van der Waals surface area contributed by atoms with Crippen LogP contribution in [0.1, 0.15) is 66.7 Å². The maximum Gasteiger partial charge on any atom is 0.408 e. The summed E-state index contributed by atoms with van der Waals surface area (Å²) >= 11 is 0. The average molecular weight is 269 g/mol. The Bertz CT molecular complexity index is 332. The van der Waals surface area contributed by atoms with Crippen LogP contribution in [0.5, 0.6) is 0 Å². The summed E-state index contributed by atoms with van der Waals surface area (Å²) in [5.74, 6) is 0. The molecule has 1 aliphatic rings. The number of hydrogen-bond donors (Lipinski definition) is 1. The van der Waals surface area contributed by atoms with E-state index >= 15 is 0 Å². The second-order valence-corrected chi connectivity index (χ2v) is 7.44. The van der Waals surface area contributed by atoms with Crippen molar-refractivity contribution in [1.82, 2.24) is 5.32 Å². The second-order valence-electron chi connectivity index (χ2n) is 7.44. The average Bonchev–Trinajstić information content (AvgIpc) is 2.20. The van der Waals surface area contributed by atoms with Crippen LogP contribution in [0.15, 0.2) is 0 Å². The lowest BCUT2D eigenvalue weighted by Crippen LogP contribution is -2.53. The van der Waals surface area contributed by atoms with Gasteiger partial charge in [-0.15, -0.1) is 0 Å². The highest BCUT2D eigenvalue weighted by Gasteiger charge is 2.39. The number of alkyl carbamates (subject to hydrolysis) is 1. The standard InChI is InChI=1S/C15H27NO3/c1-13(2,3)19-12(18)16-15(10-11-17)8-6-14(4,5)7-9-15/h11H,6-10H2,1-5H3,(H,16,18). The molecule has 1 fully saturated rings. The Labute approximate surface area is 116 Å². The molecule has 110 valence electrons. The van der Waals surface area contributed by atoms with Gasteiger partial charge in [-0.25, -0.2) is 4.79 Å². The molecule has 19 heavy (non-hydrogen) atoms. The van der Waals surface area contributed by atoms with E-state index < -0.39 is 17.2 Å². The molecular formula is C15H27NO3. The first-order chi connectivity index (χ1) is 8.58. The Morgan fingerprint density at radius 3 is 2.16 bits per heavy atom. The van der Waals surface area contributed by atoms with E-state index in [4.69, 9.17) is 4.74 Å². The van der Waals surface area contributed by atoms with Crippen LogP contribution in [-0.2, 0) is 9.53 Å². The number of carbonyl (C=O) groups excluding carboxylic acids is 2. The Morgan fingerprint density at radius 1 is 1.21 bits per heavy atom. The van der Waals surface area contributed by atoms with Crippen molar-refractivity contribution in [2.75, 3.05) is 0 Å². The van der Waals surface area contributed by atoms with Crippen molar-refractivity contribution in [2.45, 2.75) is 77.9 Å². The van der Waals surface area contributed by atoms with Crippen molar-refractivity contribution >= 4 is 12.4 Å². The summed E-state index contributed by atoms with van der Waals surface area (Å²) in [4.78, 5) is 22.8. The zero-order valence-electron chi connectivity index (χ0n) is 12.8. The summed E-state index contributed by atoms with van der Waals surface area (Å²) in [6.45, 7) is 9.96. The van der Waals surface area contributed by atoms with Crippen LogP contribution >= 0.6 is 0 Å². The monoisotopic (exact) mass is 269 g/mol. The molecule has 0 aromatic rings. The molecule has 0 aromatic carbocycles. The second kappa shape index (κ2) is 5.51. The fourth-order valence-corrected chi connectivity index (χ4v) is 2.47. The summed E-state index contributed by atoms with van der Waals surface area (Å²) in [6, 6.07) is 0. The van der Waals surface area contributed by atoms with Crippen LogP contribution in [0.4, 0.5) is 4.79 Å². The van der Waals surface area contributed by atoms with E-state index in [2.05, 4.69) is 19.2 Å². The number of carbonyl (C=O) groups is 2. The van der Waals surface area contributed by atoms with Gasteiger partial charge in [0.25, 0.3) is 0 Å². The number of aldehydes is 1. The lowest BCUT2D eigenvalue weighted by molar-refractivity contribution is -0.109. The highest BCUT2D eigenvalue weighted by molar-refractivity contribution is 5.69. The van der Waals surface area contributed by atoms with E-state index in [-0.39, 0.29) is 0 Å². The smallest absolute Gasteiger partial charge is 0.408 e. The van der Waals surface area contributed by atoms with Crippen LogP contribution in [0.2, 0.25) is 0 Å². The molecule has 0 bridgehead atoms. The Kier molecular flexibility index (Phi) is 4.64. The third kappa shape index (κ3) is 5.21. The molecule has 0 radical (unpaired) electrons. The molecule has 0 aliphatic heterocycles. The number of ether oxygens (including phenoxy) is 1. The Balaban J connectivity index is 2.68. The Morgan fingerprint density at radius 2 is 1.74 bits per heavy atom. The van der Waals surface area contributed by atoms with E-state index in [1.165, 1.54) is 0 Å². The molecule has 0 saturated heterocycles. The van der Waals surface area contributed by atoms with Crippen molar-refractivity contribution in [2.24, 2.45) is 5.41 Å². The highest BCUT2D eigenvalue weighted by Crippen LogP contribution is 2.41. The number of nitrogens with one attached hydrogen (secondary N) is 1. The van der Waals surface area contributed by atoms with Gasteiger partial charge >= 0.3 is 6.09 Å². The fourth-order valence-electron chi connectivity index (χ4n) is 2.47. The van der Waals surface area contributed by atoms with Crippen molar-refractivity contribution in [3.05, 3.63) is 0 Å². The van der Waals surface area contributed by atoms with Crippen molar-refractivity contribution in [3.63, 3.8) is 0 Å². The van der Waals surface area contributed by atoms with Gasteiger partial charge in [0.15, 0.2) is 0 Å². The van der Waals surface area contributed by atoms with Gasteiger partial charge in [-0.1, -0.05) is 13.8 Å². The first-order valence-corrected chi connectivity index (χ1v) is 7.02. The van der Waals surface area contributed by atoms with Crippen molar-refractivity contribution < 1.29 is 14.3 Å². The van der Waals surface area contributed by atoms with Gasteiger partial charge in [0.05, 0.1) is 5.54 Å². The van der Waals surface area contributed by atoms with Gasteiger partial charge in [0, 0.05) is 6.42 Å².